The molecule has 3 nitrogen and oxygen atoms in total. The van der Waals surface area contributed by atoms with Crippen LogP contribution in [0.25, 0.3) is 0 Å². The normalized spacial score (nSPS) is 40.0. The summed E-state index contributed by atoms with van der Waals surface area (Å²) in [6.07, 6.45) is 1.50. The second-order valence-electron chi connectivity index (χ2n) is 4.71. The van der Waals surface area contributed by atoms with Crippen LogP contribution in [0, 0.1) is 10.8 Å². The van der Waals surface area contributed by atoms with E-state index in [1.165, 1.54) is 7.11 Å². The van der Waals surface area contributed by atoms with Gasteiger partial charge in [0.2, 0.25) is 0 Å². The first kappa shape index (κ1) is 14.4. The Kier molecular flexibility index (Phi) is 3.77. The lowest BCUT2D eigenvalue weighted by molar-refractivity contribution is -0.157. The number of ether oxygens (including phenoxy) is 1. The topological polar surface area (TPSA) is 38.3 Å². The Morgan fingerprint density at radius 2 is 2.00 bits per heavy atom. The van der Waals surface area contributed by atoms with Crippen molar-refractivity contribution in [2.45, 2.75) is 24.1 Å². The molecule has 0 radical (unpaired) electrons. The van der Waals surface area contributed by atoms with Crippen molar-refractivity contribution in [1.29, 1.82) is 0 Å². The summed E-state index contributed by atoms with van der Waals surface area (Å²) in [6.45, 7) is 3.33. The van der Waals surface area contributed by atoms with E-state index in [0.717, 1.165) is 13.0 Å². The molecule has 0 amide bonds. The van der Waals surface area contributed by atoms with Crippen LogP contribution in [0.2, 0.25) is 0 Å². The van der Waals surface area contributed by atoms with Crippen LogP contribution < -0.4 is 5.32 Å². The number of halogens is 3. The number of carbonyl (C=O) groups is 1. The lowest BCUT2D eigenvalue weighted by atomic mass is 9.70. The number of methoxy groups -OCH3 is 1. The zero-order valence-corrected chi connectivity index (χ0v) is 11.6. The van der Waals surface area contributed by atoms with Gasteiger partial charge < -0.3 is 10.1 Å². The second-order valence-corrected chi connectivity index (χ2v) is 6.20. The van der Waals surface area contributed by atoms with E-state index >= 15 is 0 Å². The van der Waals surface area contributed by atoms with Gasteiger partial charge in [0.05, 0.1) is 12.5 Å². The molecule has 0 aromatic carbocycles. The Morgan fingerprint density at radius 1 is 1.44 bits per heavy atom. The molecule has 6 heteroatoms. The predicted molar refractivity (Wildman–Crippen MR) is 66.3 cm³/mol. The maximum Gasteiger partial charge on any atom is 0.313 e. The predicted octanol–water partition coefficient (Wildman–Crippen LogP) is 2.14. The molecule has 1 heterocycles. The minimum absolute atomic E-state index is 0. The van der Waals surface area contributed by atoms with Crippen LogP contribution in [0.1, 0.15) is 19.8 Å². The number of rotatable bonds is 1. The Balaban J connectivity index is 0.00000128. The Morgan fingerprint density at radius 3 is 2.44 bits per heavy atom. The summed E-state index contributed by atoms with van der Waals surface area (Å²) in [6, 6.07) is 0. The van der Waals surface area contributed by atoms with Gasteiger partial charge in [0.25, 0.3) is 0 Å². The van der Waals surface area contributed by atoms with Gasteiger partial charge in [-0.15, -0.1) is 35.6 Å². The molecular weight excluding hydrogens is 272 g/mol. The quantitative estimate of drug-likeness (QED) is 0.593. The van der Waals surface area contributed by atoms with Crippen LogP contribution in [0.5, 0.6) is 0 Å². The highest BCUT2D eigenvalue weighted by Gasteiger charge is 2.76. The molecule has 2 atom stereocenters. The third-order valence-corrected chi connectivity index (χ3v) is 4.99. The highest BCUT2D eigenvalue weighted by Crippen LogP contribution is 2.74. The van der Waals surface area contributed by atoms with Crippen molar-refractivity contribution < 1.29 is 9.53 Å². The molecule has 2 fully saturated rings. The van der Waals surface area contributed by atoms with E-state index in [0.29, 0.717) is 13.0 Å². The molecule has 94 valence electrons. The fourth-order valence-electron chi connectivity index (χ4n) is 2.78. The minimum atomic E-state index is -0.766. The lowest BCUT2D eigenvalue weighted by Crippen LogP contribution is -2.53. The van der Waals surface area contributed by atoms with Crippen molar-refractivity contribution in [3.63, 3.8) is 0 Å². The van der Waals surface area contributed by atoms with Gasteiger partial charge in [0.1, 0.15) is 4.33 Å². The van der Waals surface area contributed by atoms with Crippen LogP contribution in [0.3, 0.4) is 0 Å². The fourth-order valence-corrected chi connectivity index (χ4v) is 3.85. The molecule has 1 saturated heterocycles. The Hall–Kier alpha value is 0.300. The highest BCUT2D eigenvalue weighted by molar-refractivity contribution is 6.51. The number of carbonyl (C=O) groups excluding carboxylic acids is 1. The van der Waals surface area contributed by atoms with Crippen LogP contribution >= 0.6 is 35.6 Å². The van der Waals surface area contributed by atoms with Crippen LogP contribution in [-0.4, -0.2) is 30.5 Å². The van der Waals surface area contributed by atoms with E-state index < -0.39 is 9.75 Å². The Bertz CT molecular complexity index is 310. The molecule has 1 unspecified atom stereocenters. The van der Waals surface area contributed by atoms with E-state index in [9.17, 15) is 4.79 Å². The SMILES string of the molecule is COC(=O)[C@]1(C)CNCCC12CC2(Cl)Cl.Cl. The number of piperidine rings is 1. The van der Waals surface area contributed by atoms with Crippen molar-refractivity contribution in [2.75, 3.05) is 20.2 Å². The molecule has 2 aliphatic rings. The third-order valence-electron chi connectivity index (χ3n) is 4.00. The Labute approximate surface area is 112 Å². The lowest BCUT2D eigenvalue weighted by Gasteiger charge is -2.41. The summed E-state index contributed by atoms with van der Waals surface area (Å²) in [7, 11) is 1.41. The summed E-state index contributed by atoms with van der Waals surface area (Å²) >= 11 is 12.4. The number of alkyl halides is 2. The molecule has 0 aromatic heterocycles. The van der Waals surface area contributed by atoms with E-state index in [4.69, 9.17) is 27.9 Å². The van der Waals surface area contributed by atoms with E-state index in [-0.39, 0.29) is 23.8 Å². The van der Waals surface area contributed by atoms with Gasteiger partial charge in [0, 0.05) is 12.0 Å². The number of nitrogens with one attached hydrogen (secondary N) is 1. The van der Waals surface area contributed by atoms with E-state index in [1.807, 2.05) is 6.92 Å². The summed E-state index contributed by atoms with van der Waals surface area (Å²) in [4.78, 5) is 11.9. The second kappa shape index (κ2) is 4.20. The highest BCUT2D eigenvalue weighted by atomic mass is 35.5. The van der Waals surface area contributed by atoms with Gasteiger partial charge >= 0.3 is 5.97 Å². The number of hydrogen-bond acceptors (Lipinski definition) is 3. The molecule has 2 rings (SSSR count). The van der Waals surface area contributed by atoms with Crippen molar-refractivity contribution in [3.8, 4) is 0 Å². The van der Waals surface area contributed by atoms with Crippen molar-refractivity contribution in [1.82, 2.24) is 5.32 Å². The zero-order chi connectivity index (χ0) is 11.3. The maximum absolute atomic E-state index is 11.9. The largest absolute Gasteiger partial charge is 0.469 e. The molecule has 1 aliphatic heterocycles. The molecule has 1 aliphatic carbocycles. The minimum Gasteiger partial charge on any atom is -0.469 e. The van der Waals surface area contributed by atoms with Crippen LogP contribution in [-0.2, 0) is 9.53 Å². The summed E-state index contributed by atoms with van der Waals surface area (Å²) in [5, 5.41) is 3.21. The molecule has 1 N–H and O–H groups in total. The van der Waals surface area contributed by atoms with Crippen LogP contribution in [0.15, 0.2) is 0 Å². The number of esters is 1. The first-order valence-electron chi connectivity index (χ1n) is 5.07. The summed E-state index contributed by atoms with van der Waals surface area (Å²) < 4.78 is 4.10. The molecule has 0 bridgehead atoms. The van der Waals surface area contributed by atoms with Gasteiger partial charge in [-0.1, -0.05) is 0 Å². The van der Waals surface area contributed by atoms with Crippen molar-refractivity contribution >= 4 is 41.6 Å². The first-order chi connectivity index (χ1) is 6.90. The van der Waals surface area contributed by atoms with Gasteiger partial charge in [-0.3, -0.25) is 4.79 Å². The smallest absolute Gasteiger partial charge is 0.313 e. The van der Waals surface area contributed by atoms with E-state index in [1.54, 1.807) is 0 Å². The van der Waals surface area contributed by atoms with Crippen molar-refractivity contribution in [2.24, 2.45) is 10.8 Å². The number of hydrogen-bond donors (Lipinski definition) is 1. The van der Waals surface area contributed by atoms with Gasteiger partial charge in [-0.2, -0.15) is 0 Å². The van der Waals surface area contributed by atoms with Gasteiger partial charge in [-0.05, 0) is 26.3 Å². The molecule has 16 heavy (non-hydrogen) atoms. The third kappa shape index (κ3) is 1.64. The molecule has 1 spiro atoms. The summed E-state index contributed by atoms with van der Waals surface area (Å²) in [5.41, 5.74) is -0.912. The first-order valence-corrected chi connectivity index (χ1v) is 5.82. The summed E-state index contributed by atoms with van der Waals surface area (Å²) in [5.74, 6) is -0.224. The molecular formula is C10H16Cl3NO2. The zero-order valence-electron chi connectivity index (χ0n) is 9.31. The molecule has 0 aromatic rings. The maximum atomic E-state index is 11.9. The van der Waals surface area contributed by atoms with Gasteiger partial charge in [0.15, 0.2) is 0 Å². The standard InChI is InChI=1S/C10H15Cl2NO2.ClH/c1-8(7(14)15-2)6-13-4-3-9(8)5-10(9,11)12;/h13H,3-6H2,1-2H3;1H/t8-,9?;/m0./s1. The fraction of sp³-hybridized carbons (Fsp3) is 0.900. The average Bonchev–Trinajstić information content (AvgIpc) is 2.74. The average molecular weight is 289 g/mol. The monoisotopic (exact) mass is 287 g/mol. The van der Waals surface area contributed by atoms with Crippen LogP contribution in [0.4, 0.5) is 0 Å². The molecule has 1 saturated carbocycles. The van der Waals surface area contributed by atoms with Crippen molar-refractivity contribution in [3.05, 3.63) is 0 Å². The van der Waals surface area contributed by atoms with Gasteiger partial charge in [-0.25, -0.2) is 0 Å². The van der Waals surface area contributed by atoms with E-state index in [2.05, 4.69) is 5.32 Å².